The standard InChI is InChI=1S/C15H20N4O2S2/c1-23(20,21)19-9-5-8-18(10-11-19)15-16-14(17-22-15)12-13-6-3-2-4-7-13/h2-4,6-7H,5,8-12H2,1H3. The van der Waals surface area contributed by atoms with Crippen LogP contribution in [0, 0.1) is 0 Å². The van der Waals surface area contributed by atoms with Crippen LogP contribution >= 0.6 is 11.5 Å². The molecular weight excluding hydrogens is 332 g/mol. The number of anilines is 1. The van der Waals surface area contributed by atoms with Gasteiger partial charge in [-0.1, -0.05) is 30.3 Å². The maximum absolute atomic E-state index is 11.7. The van der Waals surface area contributed by atoms with Crippen molar-refractivity contribution in [2.24, 2.45) is 0 Å². The summed E-state index contributed by atoms with van der Waals surface area (Å²) < 4.78 is 29.3. The van der Waals surface area contributed by atoms with Gasteiger partial charge in [0.2, 0.25) is 15.2 Å². The minimum absolute atomic E-state index is 0.506. The van der Waals surface area contributed by atoms with Crippen LogP contribution in [0.3, 0.4) is 0 Å². The normalized spacial score (nSPS) is 17.2. The first-order valence-electron chi connectivity index (χ1n) is 7.59. The van der Waals surface area contributed by atoms with Gasteiger partial charge in [0.15, 0.2) is 0 Å². The number of aromatic nitrogens is 2. The van der Waals surface area contributed by atoms with Crippen LogP contribution < -0.4 is 4.90 Å². The van der Waals surface area contributed by atoms with Gasteiger partial charge < -0.3 is 4.90 Å². The summed E-state index contributed by atoms with van der Waals surface area (Å²) in [4.78, 5) is 6.76. The number of hydrogen-bond donors (Lipinski definition) is 0. The number of benzene rings is 1. The van der Waals surface area contributed by atoms with Crippen molar-refractivity contribution in [3.8, 4) is 0 Å². The van der Waals surface area contributed by atoms with Crippen molar-refractivity contribution in [1.29, 1.82) is 0 Å². The van der Waals surface area contributed by atoms with Gasteiger partial charge >= 0.3 is 0 Å². The van der Waals surface area contributed by atoms with E-state index in [-0.39, 0.29) is 0 Å². The van der Waals surface area contributed by atoms with Crippen molar-refractivity contribution in [2.75, 3.05) is 37.3 Å². The van der Waals surface area contributed by atoms with Gasteiger partial charge in [0.05, 0.1) is 6.26 Å². The quantitative estimate of drug-likeness (QED) is 0.836. The summed E-state index contributed by atoms with van der Waals surface area (Å²) in [5.41, 5.74) is 1.19. The minimum Gasteiger partial charge on any atom is -0.345 e. The molecule has 1 aromatic heterocycles. The Balaban J connectivity index is 1.66. The molecule has 23 heavy (non-hydrogen) atoms. The van der Waals surface area contributed by atoms with Crippen LogP contribution in [-0.2, 0) is 16.4 Å². The largest absolute Gasteiger partial charge is 0.345 e. The molecule has 1 aromatic carbocycles. The van der Waals surface area contributed by atoms with Gasteiger partial charge in [0, 0.05) is 44.1 Å². The molecule has 124 valence electrons. The van der Waals surface area contributed by atoms with Crippen molar-refractivity contribution in [1.82, 2.24) is 13.7 Å². The SMILES string of the molecule is CS(=O)(=O)N1CCCN(c2nc(Cc3ccccc3)ns2)CC1. The van der Waals surface area contributed by atoms with E-state index in [1.165, 1.54) is 23.4 Å². The van der Waals surface area contributed by atoms with Gasteiger partial charge in [-0.05, 0) is 12.0 Å². The Morgan fingerprint density at radius 3 is 2.65 bits per heavy atom. The van der Waals surface area contributed by atoms with Crippen LogP contribution in [-0.4, -0.2) is 54.5 Å². The maximum Gasteiger partial charge on any atom is 0.211 e. The molecule has 6 nitrogen and oxygen atoms in total. The van der Waals surface area contributed by atoms with E-state index in [2.05, 4.69) is 26.4 Å². The lowest BCUT2D eigenvalue weighted by molar-refractivity contribution is 0.437. The summed E-state index contributed by atoms with van der Waals surface area (Å²) in [6.45, 7) is 2.55. The zero-order valence-corrected chi connectivity index (χ0v) is 14.7. The Labute approximate surface area is 141 Å². The summed E-state index contributed by atoms with van der Waals surface area (Å²) in [7, 11) is -3.12. The van der Waals surface area contributed by atoms with Crippen LogP contribution in [0.5, 0.6) is 0 Å². The van der Waals surface area contributed by atoms with E-state index in [0.717, 1.165) is 30.3 Å². The lowest BCUT2D eigenvalue weighted by Gasteiger charge is -2.19. The summed E-state index contributed by atoms with van der Waals surface area (Å²) in [5, 5.41) is 0.881. The van der Waals surface area contributed by atoms with E-state index in [4.69, 9.17) is 0 Å². The molecular formula is C15H20N4O2S2. The fraction of sp³-hybridized carbons (Fsp3) is 0.467. The highest BCUT2D eigenvalue weighted by Crippen LogP contribution is 2.21. The fourth-order valence-corrected chi connectivity index (χ4v) is 4.25. The predicted molar refractivity (Wildman–Crippen MR) is 92.4 cm³/mol. The second kappa shape index (κ2) is 6.94. The van der Waals surface area contributed by atoms with E-state index in [1.807, 2.05) is 18.2 Å². The van der Waals surface area contributed by atoms with Gasteiger partial charge in [-0.2, -0.15) is 4.37 Å². The first kappa shape index (κ1) is 16.4. The molecule has 0 amide bonds. The van der Waals surface area contributed by atoms with Crippen molar-refractivity contribution in [3.63, 3.8) is 0 Å². The van der Waals surface area contributed by atoms with E-state index >= 15 is 0 Å². The first-order chi connectivity index (χ1) is 11.0. The second-order valence-corrected chi connectivity index (χ2v) is 8.37. The average molecular weight is 352 g/mol. The Hall–Kier alpha value is -1.51. The number of rotatable bonds is 4. The zero-order chi connectivity index (χ0) is 16.3. The molecule has 0 unspecified atom stereocenters. The molecule has 0 radical (unpaired) electrons. The van der Waals surface area contributed by atoms with Crippen LogP contribution in [0.25, 0.3) is 0 Å². The van der Waals surface area contributed by atoms with Crippen LogP contribution in [0.15, 0.2) is 30.3 Å². The van der Waals surface area contributed by atoms with Crippen LogP contribution in [0.2, 0.25) is 0 Å². The molecule has 0 spiro atoms. The molecule has 3 rings (SSSR count). The number of sulfonamides is 1. The molecule has 1 aliphatic rings. The van der Waals surface area contributed by atoms with E-state index in [9.17, 15) is 8.42 Å². The Morgan fingerprint density at radius 2 is 1.91 bits per heavy atom. The summed E-state index contributed by atoms with van der Waals surface area (Å²) in [6.07, 6.45) is 2.80. The Bertz CT molecular complexity index is 746. The molecule has 0 bridgehead atoms. The Morgan fingerprint density at radius 1 is 1.13 bits per heavy atom. The molecule has 1 fully saturated rings. The lowest BCUT2D eigenvalue weighted by Crippen LogP contribution is -2.34. The summed E-state index contributed by atoms with van der Waals surface area (Å²) >= 11 is 1.39. The van der Waals surface area contributed by atoms with Crippen LogP contribution in [0.1, 0.15) is 17.8 Å². The van der Waals surface area contributed by atoms with Crippen molar-refractivity contribution in [3.05, 3.63) is 41.7 Å². The fourth-order valence-electron chi connectivity index (χ4n) is 2.64. The molecule has 0 saturated carbocycles. The van der Waals surface area contributed by atoms with Gasteiger partial charge in [-0.25, -0.2) is 17.7 Å². The molecule has 0 aliphatic carbocycles. The van der Waals surface area contributed by atoms with Crippen LogP contribution in [0.4, 0.5) is 5.13 Å². The molecule has 0 N–H and O–H groups in total. The molecule has 1 saturated heterocycles. The summed E-state index contributed by atoms with van der Waals surface area (Å²) in [6, 6.07) is 10.1. The minimum atomic E-state index is -3.12. The third-order valence-electron chi connectivity index (χ3n) is 3.86. The highest BCUT2D eigenvalue weighted by molar-refractivity contribution is 7.88. The smallest absolute Gasteiger partial charge is 0.211 e. The molecule has 0 atom stereocenters. The molecule has 1 aliphatic heterocycles. The third-order valence-corrected chi connectivity index (χ3v) is 5.97. The molecule has 2 aromatic rings. The van der Waals surface area contributed by atoms with E-state index in [0.29, 0.717) is 19.6 Å². The monoisotopic (exact) mass is 352 g/mol. The van der Waals surface area contributed by atoms with Gasteiger partial charge in [-0.15, -0.1) is 0 Å². The highest BCUT2D eigenvalue weighted by Gasteiger charge is 2.23. The predicted octanol–water partition coefficient (Wildman–Crippen LogP) is 1.60. The topological polar surface area (TPSA) is 66.4 Å². The maximum atomic E-state index is 11.7. The van der Waals surface area contributed by atoms with Crippen molar-refractivity contribution in [2.45, 2.75) is 12.8 Å². The third kappa shape index (κ3) is 4.27. The van der Waals surface area contributed by atoms with E-state index in [1.54, 1.807) is 4.31 Å². The Kier molecular flexibility index (Phi) is 4.93. The highest BCUT2D eigenvalue weighted by atomic mass is 32.2. The van der Waals surface area contributed by atoms with Gasteiger partial charge in [-0.3, -0.25) is 0 Å². The average Bonchev–Trinajstić information content (AvgIpc) is 2.82. The lowest BCUT2D eigenvalue weighted by atomic mass is 10.1. The van der Waals surface area contributed by atoms with Crippen molar-refractivity contribution >= 4 is 26.7 Å². The van der Waals surface area contributed by atoms with Gasteiger partial charge in [0.25, 0.3) is 0 Å². The second-order valence-electron chi connectivity index (χ2n) is 5.66. The van der Waals surface area contributed by atoms with Crippen molar-refractivity contribution < 1.29 is 8.42 Å². The molecule has 2 heterocycles. The van der Waals surface area contributed by atoms with E-state index < -0.39 is 10.0 Å². The number of nitrogens with zero attached hydrogens (tertiary/aromatic N) is 4. The summed E-state index contributed by atoms with van der Waals surface area (Å²) in [5.74, 6) is 0.820. The molecule has 8 heteroatoms. The van der Waals surface area contributed by atoms with Gasteiger partial charge in [0.1, 0.15) is 5.82 Å². The zero-order valence-electron chi connectivity index (χ0n) is 13.1. The number of hydrogen-bond acceptors (Lipinski definition) is 6. The first-order valence-corrected chi connectivity index (χ1v) is 10.2.